The Kier molecular flexibility index (Phi) is 5.78. The number of thioether (sulfide) groups is 2. The van der Waals surface area contributed by atoms with Gasteiger partial charge in [0.2, 0.25) is 5.60 Å². The van der Waals surface area contributed by atoms with Crippen LogP contribution in [-0.2, 0) is 28.6 Å². The normalized spacial score (nSPS) is 33.8. The summed E-state index contributed by atoms with van der Waals surface area (Å²) < 4.78 is 16.2. The zero-order valence-electron chi connectivity index (χ0n) is 17.3. The standard InChI is InChI=1S/C20H30O6S2/c1-17(2)18(3)7-8-20(17,26-15(18)22)16(23)25-13(11-14(21)24-5)12-19(4)27-9-6-10-28-19/h13H,6-12H2,1-5H3/t13-,18+,20-/m1/s1. The smallest absolute Gasteiger partial charge is 0.351 e. The van der Waals surface area contributed by atoms with E-state index in [4.69, 9.17) is 14.2 Å². The largest absolute Gasteiger partial charge is 0.469 e. The van der Waals surface area contributed by atoms with Gasteiger partial charge in [-0.3, -0.25) is 9.59 Å². The molecule has 2 saturated heterocycles. The van der Waals surface area contributed by atoms with E-state index in [1.165, 1.54) is 7.11 Å². The summed E-state index contributed by atoms with van der Waals surface area (Å²) in [6.45, 7) is 7.79. The minimum Gasteiger partial charge on any atom is -0.469 e. The van der Waals surface area contributed by atoms with Gasteiger partial charge >= 0.3 is 17.9 Å². The van der Waals surface area contributed by atoms with Crippen molar-refractivity contribution < 1.29 is 28.6 Å². The van der Waals surface area contributed by atoms with Crippen molar-refractivity contribution in [2.24, 2.45) is 10.8 Å². The number of rotatable bonds is 6. The minimum absolute atomic E-state index is 0.000668. The van der Waals surface area contributed by atoms with E-state index in [0.717, 1.165) is 17.9 Å². The third-order valence-corrected chi connectivity index (χ3v) is 10.3. The van der Waals surface area contributed by atoms with Crippen molar-refractivity contribution in [3.63, 3.8) is 0 Å². The van der Waals surface area contributed by atoms with Crippen LogP contribution in [0.5, 0.6) is 0 Å². The molecule has 3 atom stereocenters. The summed E-state index contributed by atoms with van der Waals surface area (Å²) in [5.74, 6) is 0.819. The predicted octanol–water partition coefficient (Wildman–Crippen LogP) is 3.56. The van der Waals surface area contributed by atoms with Crippen molar-refractivity contribution in [1.29, 1.82) is 0 Å². The van der Waals surface area contributed by atoms with Crippen LogP contribution in [0.3, 0.4) is 0 Å². The first kappa shape index (κ1) is 21.8. The molecule has 28 heavy (non-hydrogen) atoms. The Bertz CT molecular complexity index is 672. The molecule has 2 bridgehead atoms. The summed E-state index contributed by atoms with van der Waals surface area (Å²) in [5, 5.41) is 0. The second-order valence-corrected chi connectivity index (χ2v) is 12.3. The van der Waals surface area contributed by atoms with Crippen LogP contribution in [0.25, 0.3) is 0 Å². The number of carbonyl (C=O) groups is 3. The molecule has 3 fully saturated rings. The van der Waals surface area contributed by atoms with Crippen molar-refractivity contribution >= 4 is 41.4 Å². The highest BCUT2D eigenvalue weighted by molar-refractivity contribution is 8.18. The zero-order chi connectivity index (χ0) is 20.8. The monoisotopic (exact) mass is 430 g/mol. The third kappa shape index (κ3) is 3.34. The van der Waals surface area contributed by atoms with Crippen LogP contribution in [0.4, 0.5) is 0 Å². The molecule has 8 heteroatoms. The van der Waals surface area contributed by atoms with Gasteiger partial charge in [-0.1, -0.05) is 13.8 Å². The second kappa shape index (κ2) is 7.42. The highest BCUT2D eigenvalue weighted by Crippen LogP contribution is 2.66. The molecule has 3 aliphatic rings. The van der Waals surface area contributed by atoms with Gasteiger partial charge in [0, 0.05) is 11.8 Å². The Labute approximate surface area is 175 Å². The van der Waals surface area contributed by atoms with Crippen LogP contribution in [0, 0.1) is 10.8 Å². The SMILES string of the molecule is COC(=O)C[C@H](CC1(C)SCCCS1)OC(=O)[C@@]12CC[C@@](C)(C(=O)O1)C2(C)C. The van der Waals surface area contributed by atoms with E-state index in [1.54, 1.807) is 0 Å². The number of carbonyl (C=O) groups excluding carboxylic acids is 3. The number of fused-ring (bicyclic) bond motifs is 2. The Morgan fingerprint density at radius 2 is 1.79 bits per heavy atom. The summed E-state index contributed by atoms with van der Waals surface area (Å²) in [6, 6.07) is 0. The Morgan fingerprint density at radius 3 is 2.29 bits per heavy atom. The van der Waals surface area contributed by atoms with Crippen LogP contribution in [0.15, 0.2) is 0 Å². The number of ether oxygens (including phenoxy) is 3. The van der Waals surface area contributed by atoms with E-state index in [1.807, 2.05) is 44.3 Å². The van der Waals surface area contributed by atoms with Crippen molar-refractivity contribution in [2.45, 2.75) is 75.6 Å². The average molecular weight is 431 g/mol. The number of methoxy groups -OCH3 is 1. The van der Waals surface area contributed by atoms with Crippen LogP contribution >= 0.6 is 23.5 Å². The van der Waals surface area contributed by atoms with Crippen molar-refractivity contribution in [3.8, 4) is 0 Å². The lowest BCUT2D eigenvalue weighted by Crippen LogP contribution is -2.50. The van der Waals surface area contributed by atoms with Crippen LogP contribution in [-0.4, -0.2) is 52.3 Å². The van der Waals surface area contributed by atoms with Crippen LogP contribution < -0.4 is 0 Å². The minimum atomic E-state index is -1.28. The maximum atomic E-state index is 13.3. The van der Waals surface area contributed by atoms with Gasteiger partial charge in [-0.15, -0.1) is 23.5 Å². The molecule has 158 valence electrons. The van der Waals surface area contributed by atoms with Crippen molar-refractivity contribution in [1.82, 2.24) is 0 Å². The lowest BCUT2D eigenvalue weighted by atomic mass is 9.66. The molecule has 0 spiro atoms. The summed E-state index contributed by atoms with van der Waals surface area (Å²) in [7, 11) is 1.33. The van der Waals surface area contributed by atoms with Gasteiger partial charge in [-0.25, -0.2) is 4.79 Å². The number of esters is 3. The molecule has 0 radical (unpaired) electrons. The molecule has 2 heterocycles. The van der Waals surface area contributed by atoms with E-state index < -0.39 is 34.5 Å². The highest BCUT2D eigenvalue weighted by Gasteiger charge is 2.76. The van der Waals surface area contributed by atoms with Gasteiger partial charge in [0.25, 0.3) is 0 Å². The van der Waals surface area contributed by atoms with E-state index in [9.17, 15) is 14.4 Å². The summed E-state index contributed by atoms with van der Waals surface area (Å²) in [6.07, 6.45) is 2.13. The summed E-state index contributed by atoms with van der Waals surface area (Å²) in [5.41, 5.74) is -2.63. The molecule has 0 N–H and O–H groups in total. The highest BCUT2D eigenvalue weighted by atomic mass is 32.2. The van der Waals surface area contributed by atoms with Crippen molar-refractivity contribution in [2.75, 3.05) is 18.6 Å². The molecule has 0 unspecified atom stereocenters. The van der Waals surface area contributed by atoms with Crippen LogP contribution in [0.1, 0.15) is 59.8 Å². The first-order valence-electron chi connectivity index (χ1n) is 9.79. The van der Waals surface area contributed by atoms with Gasteiger partial charge in [0.1, 0.15) is 6.10 Å². The summed E-state index contributed by atoms with van der Waals surface area (Å²) >= 11 is 3.67. The zero-order valence-corrected chi connectivity index (χ0v) is 18.9. The fourth-order valence-electron chi connectivity index (χ4n) is 4.58. The molecule has 0 aromatic rings. The first-order valence-corrected chi connectivity index (χ1v) is 11.8. The van der Waals surface area contributed by atoms with Gasteiger partial charge in [-0.2, -0.15) is 0 Å². The van der Waals surface area contributed by atoms with Gasteiger partial charge in [0.15, 0.2) is 0 Å². The molecule has 6 nitrogen and oxygen atoms in total. The molecule has 0 aromatic carbocycles. The maximum absolute atomic E-state index is 13.3. The molecular formula is C20H30O6S2. The van der Waals surface area contributed by atoms with E-state index in [0.29, 0.717) is 19.3 Å². The third-order valence-electron chi connectivity index (χ3n) is 7.01. The fraction of sp³-hybridized carbons (Fsp3) is 0.850. The van der Waals surface area contributed by atoms with Gasteiger partial charge in [-0.05, 0) is 44.6 Å². The van der Waals surface area contributed by atoms with Crippen molar-refractivity contribution in [3.05, 3.63) is 0 Å². The van der Waals surface area contributed by atoms with E-state index in [-0.39, 0.29) is 16.5 Å². The van der Waals surface area contributed by atoms with E-state index >= 15 is 0 Å². The lowest BCUT2D eigenvalue weighted by molar-refractivity contribution is -0.188. The quantitative estimate of drug-likeness (QED) is 0.467. The van der Waals surface area contributed by atoms with Crippen LogP contribution in [0.2, 0.25) is 0 Å². The lowest BCUT2D eigenvalue weighted by Gasteiger charge is -2.38. The van der Waals surface area contributed by atoms with Gasteiger partial charge in [0.05, 0.1) is 23.0 Å². The molecule has 3 rings (SSSR count). The second-order valence-electron chi connectivity index (χ2n) is 8.87. The van der Waals surface area contributed by atoms with Gasteiger partial charge < -0.3 is 14.2 Å². The Balaban J connectivity index is 1.79. The fourth-order valence-corrected chi connectivity index (χ4v) is 7.65. The predicted molar refractivity (Wildman–Crippen MR) is 109 cm³/mol. The average Bonchev–Trinajstić information content (AvgIpc) is 2.92. The molecule has 0 aromatic heterocycles. The topological polar surface area (TPSA) is 78.9 Å². The number of hydrogen-bond donors (Lipinski definition) is 0. The Morgan fingerprint density at radius 1 is 1.14 bits per heavy atom. The maximum Gasteiger partial charge on any atom is 0.351 e. The summed E-state index contributed by atoms with van der Waals surface area (Å²) in [4.78, 5) is 37.7. The molecule has 1 aliphatic carbocycles. The molecule has 1 saturated carbocycles. The first-order chi connectivity index (χ1) is 13.0. The molecule has 2 aliphatic heterocycles. The Hall–Kier alpha value is -0.890. The number of hydrogen-bond acceptors (Lipinski definition) is 8. The molecular weight excluding hydrogens is 400 g/mol. The molecule has 0 amide bonds. The van der Waals surface area contributed by atoms with E-state index in [2.05, 4.69) is 6.92 Å².